The zero-order valence-corrected chi connectivity index (χ0v) is 12.7. The molecule has 112 valence electrons. The van der Waals surface area contributed by atoms with Crippen molar-refractivity contribution in [3.63, 3.8) is 0 Å². The van der Waals surface area contributed by atoms with Gasteiger partial charge in [-0.15, -0.1) is 0 Å². The molecule has 0 bridgehead atoms. The number of carbonyl (C=O) groups excluding carboxylic acids is 1. The zero-order chi connectivity index (χ0) is 15.2. The van der Waals surface area contributed by atoms with Crippen molar-refractivity contribution < 1.29 is 14.3 Å². The van der Waals surface area contributed by atoms with E-state index in [1.165, 1.54) is 0 Å². The summed E-state index contributed by atoms with van der Waals surface area (Å²) in [6.45, 7) is 6.32. The molecule has 0 fully saturated rings. The van der Waals surface area contributed by atoms with Gasteiger partial charge in [-0.1, -0.05) is 19.9 Å². The highest BCUT2D eigenvalue weighted by molar-refractivity contribution is 5.78. The fraction of sp³-hybridized carbons (Fsp3) is 0.600. The molecule has 0 aromatic carbocycles. The Bertz CT molecular complexity index is 448. The van der Waals surface area contributed by atoms with E-state index in [4.69, 9.17) is 15.2 Å². The summed E-state index contributed by atoms with van der Waals surface area (Å²) in [4.78, 5) is 16.7. The minimum absolute atomic E-state index is 0.0551. The molecule has 2 N–H and O–H groups in total. The fourth-order valence-electron chi connectivity index (χ4n) is 2.17. The number of carbonyl (C=O) groups is 1. The third-order valence-electron chi connectivity index (χ3n) is 3.64. The largest absolute Gasteiger partial charge is 0.481 e. The Morgan fingerprint density at radius 3 is 2.65 bits per heavy atom. The lowest BCUT2D eigenvalue weighted by molar-refractivity contribution is -0.157. The molecule has 1 aromatic heterocycles. The van der Waals surface area contributed by atoms with E-state index in [9.17, 15) is 4.79 Å². The summed E-state index contributed by atoms with van der Waals surface area (Å²) in [7, 11) is 1.57. The van der Waals surface area contributed by atoms with Crippen LogP contribution in [-0.4, -0.2) is 31.2 Å². The van der Waals surface area contributed by atoms with E-state index < -0.39 is 5.41 Å². The maximum atomic E-state index is 12.3. The van der Waals surface area contributed by atoms with Crippen LogP contribution >= 0.6 is 0 Å². The number of ether oxygens (including phenoxy) is 2. The highest BCUT2D eigenvalue weighted by Gasteiger charge is 2.42. The third kappa shape index (κ3) is 3.48. The first kappa shape index (κ1) is 16.4. The van der Waals surface area contributed by atoms with Crippen molar-refractivity contribution in [3.05, 3.63) is 23.9 Å². The third-order valence-corrected chi connectivity index (χ3v) is 3.64. The van der Waals surface area contributed by atoms with E-state index in [0.29, 0.717) is 18.9 Å². The fourth-order valence-corrected chi connectivity index (χ4v) is 2.17. The first-order chi connectivity index (χ1) is 9.50. The van der Waals surface area contributed by atoms with Gasteiger partial charge in [0, 0.05) is 24.7 Å². The van der Waals surface area contributed by atoms with Crippen molar-refractivity contribution in [2.75, 3.05) is 20.3 Å². The van der Waals surface area contributed by atoms with E-state index in [1.807, 2.05) is 26.0 Å². The van der Waals surface area contributed by atoms with Crippen molar-refractivity contribution in [2.45, 2.75) is 27.2 Å². The molecule has 0 spiro atoms. The molecule has 5 heteroatoms. The Balaban J connectivity index is 3.08. The smallest absolute Gasteiger partial charge is 0.314 e. The van der Waals surface area contributed by atoms with E-state index in [1.54, 1.807) is 20.1 Å². The van der Waals surface area contributed by atoms with Crippen LogP contribution in [0.2, 0.25) is 0 Å². The van der Waals surface area contributed by atoms with Crippen molar-refractivity contribution in [1.29, 1.82) is 0 Å². The molecular weight excluding hydrogens is 256 g/mol. The summed E-state index contributed by atoms with van der Waals surface area (Å²) in [5, 5.41) is 0. The molecule has 1 aromatic rings. The maximum Gasteiger partial charge on any atom is 0.314 e. The highest BCUT2D eigenvalue weighted by Crippen LogP contribution is 2.32. The van der Waals surface area contributed by atoms with Gasteiger partial charge >= 0.3 is 5.97 Å². The molecule has 0 radical (unpaired) electrons. The van der Waals surface area contributed by atoms with Crippen LogP contribution in [0.3, 0.4) is 0 Å². The van der Waals surface area contributed by atoms with Crippen LogP contribution < -0.4 is 10.5 Å². The number of esters is 1. The molecule has 0 amide bonds. The van der Waals surface area contributed by atoms with Gasteiger partial charge in [-0.3, -0.25) is 4.79 Å². The average Bonchev–Trinajstić information content (AvgIpc) is 2.44. The Labute approximate surface area is 120 Å². The first-order valence-corrected chi connectivity index (χ1v) is 6.87. The standard InChI is InChI=1S/C15H24N2O3/c1-5-20-14(18)15(10-16,11(2)3)9-12-7-6-8-13(17-12)19-4/h6-8,11H,5,9-10,16H2,1-4H3. The second kappa shape index (κ2) is 7.24. The van der Waals surface area contributed by atoms with Gasteiger partial charge in [0.05, 0.1) is 19.1 Å². The van der Waals surface area contributed by atoms with Crippen LogP contribution in [0.1, 0.15) is 26.5 Å². The molecule has 5 nitrogen and oxygen atoms in total. The summed E-state index contributed by atoms with van der Waals surface area (Å²) in [5.74, 6) is 0.322. The average molecular weight is 280 g/mol. The van der Waals surface area contributed by atoms with Gasteiger partial charge in [0.1, 0.15) is 0 Å². The quantitative estimate of drug-likeness (QED) is 0.771. The Hall–Kier alpha value is -1.62. The van der Waals surface area contributed by atoms with Crippen LogP contribution in [0.25, 0.3) is 0 Å². The Kier molecular flexibility index (Phi) is 5.95. The first-order valence-electron chi connectivity index (χ1n) is 6.87. The molecule has 0 saturated carbocycles. The van der Waals surface area contributed by atoms with E-state index in [0.717, 1.165) is 5.69 Å². The van der Waals surface area contributed by atoms with Gasteiger partial charge in [0.2, 0.25) is 5.88 Å². The van der Waals surface area contributed by atoms with Crippen LogP contribution in [0.4, 0.5) is 0 Å². The van der Waals surface area contributed by atoms with E-state index >= 15 is 0 Å². The molecule has 0 saturated heterocycles. The lowest BCUT2D eigenvalue weighted by Gasteiger charge is -2.33. The topological polar surface area (TPSA) is 74.4 Å². The van der Waals surface area contributed by atoms with Crippen LogP contribution in [0, 0.1) is 11.3 Å². The maximum absolute atomic E-state index is 12.3. The molecule has 1 atom stereocenters. The number of methoxy groups -OCH3 is 1. The van der Waals surface area contributed by atoms with Crippen molar-refractivity contribution in [1.82, 2.24) is 4.98 Å². The molecule has 0 aliphatic rings. The minimum Gasteiger partial charge on any atom is -0.481 e. The minimum atomic E-state index is -0.755. The number of pyridine rings is 1. The number of nitrogens with zero attached hydrogens (tertiary/aromatic N) is 1. The number of nitrogens with two attached hydrogens (primary N) is 1. The summed E-state index contributed by atoms with van der Waals surface area (Å²) in [6.07, 6.45) is 0.442. The molecule has 1 rings (SSSR count). The summed E-state index contributed by atoms with van der Waals surface area (Å²) in [6, 6.07) is 5.50. The SMILES string of the molecule is CCOC(=O)C(CN)(Cc1cccc(OC)n1)C(C)C. The number of rotatable bonds is 7. The number of hydrogen-bond acceptors (Lipinski definition) is 5. The highest BCUT2D eigenvalue weighted by atomic mass is 16.5. The summed E-state index contributed by atoms with van der Waals surface area (Å²) < 4.78 is 10.3. The van der Waals surface area contributed by atoms with E-state index in [2.05, 4.69) is 4.98 Å². The van der Waals surface area contributed by atoms with Crippen LogP contribution in [0.5, 0.6) is 5.88 Å². The molecule has 20 heavy (non-hydrogen) atoms. The normalized spacial score (nSPS) is 13.9. The monoisotopic (exact) mass is 280 g/mol. The Morgan fingerprint density at radius 1 is 1.45 bits per heavy atom. The summed E-state index contributed by atoms with van der Waals surface area (Å²) in [5.41, 5.74) is 5.92. The van der Waals surface area contributed by atoms with Crippen LogP contribution in [0.15, 0.2) is 18.2 Å². The van der Waals surface area contributed by atoms with Crippen molar-refractivity contribution in [2.24, 2.45) is 17.1 Å². The zero-order valence-electron chi connectivity index (χ0n) is 12.7. The lowest BCUT2D eigenvalue weighted by Crippen LogP contribution is -2.46. The lowest BCUT2D eigenvalue weighted by atomic mass is 9.73. The summed E-state index contributed by atoms with van der Waals surface area (Å²) >= 11 is 0. The van der Waals surface area contributed by atoms with Crippen LogP contribution in [-0.2, 0) is 16.0 Å². The number of aromatic nitrogens is 1. The second-order valence-corrected chi connectivity index (χ2v) is 5.08. The molecule has 1 heterocycles. The number of hydrogen-bond donors (Lipinski definition) is 1. The van der Waals surface area contributed by atoms with Gasteiger partial charge < -0.3 is 15.2 Å². The molecular formula is C15H24N2O3. The van der Waals surface area contributed by atoms with Gasteiger partial charge in [-0.25, -0.2) is 4.98 Å². The Morgan fingerprint density at radius 2 is 2.15 bits per heavy atom. The predicted molar refractivity (Wildman–Crippen MR) is 77.5 cm³/mol. The molecule has 1 unspecified atom stereocenters. The van der Waals surface area contributed by atoms with Gasteiger partial charge in [-0.2, -0.15) is 0 Å². The van der Waals surface area contributed by atoms with Gasteiger partial charge in [-0.05, 0) is 18.9 Å². The van der Waals surface area contributed by atoms with Crippen molar-refractivity contribution >= 4 is 5.97 Å². The predicted octanol–water partition coefficient (Wildman–Crippen LogP) is 1.80. The molecule has 0 aliphatic carbocycles. The molecule has 0 aliphatic heterocycles. The van der Waals surface area contributed by atoms with E-state index in [-0.39, 0.29) is 18.4 Å². The van der Waals surface area contributed by atoms with Gasteiger partial charge in [0.15, 0.2) is 0 Å². The van der Waals surface area contributed by atoms with Crippen molar-refractivity contribution in [3.8, 4) is 5.88 Å². The van der Waals surface area contributed by atoms with Gasteiger partial charge in [0.25, 0.3) is 0 Å². The second-order valence-electron chi connectivity index (χ2n) is 5.08.